The second-order valence-corrected chi connectivity index (χ2v) is 4.86. The van der Waals surface area contributed by atoms with Crippen LogP contribution in [0.15, 0.2) is 54.6 Å². The van der Waals surface area contributed by atoms with Crippen LogP contribution in [-0.2, 0) is 0 Å². The van der Waals surface area contributed by atoms with Crippen molar-refractivity contribution >= 4 is 11.6 Å². The van der Waals surface area contributed by atoms with Crippen molar-refractivity contribution < 1.29 is 14.3 Å². The quantitative estimate of drug-likeness (QED) is 0.801. The first-order chi connectivity index (χ1) is 9.74. The van der Waals surface area contributed by atoms with E-state index in [1.54, 1.807) is 24.3 Å². The van der Waals surface area contributed by atoms with Crippen LogP contribution in [0.5, 0.6) is 5.75 Å². The highest BCUT2D eigenvalue weighted by Gasteiger charge is 2.27. The molecule has 0 bridgehead atoms. The fourth-order valence-corrected chi connectivity index (χ4v) is 2.40. The van der Waals surface area contributed by atoms with Gasteiger partial charge < -0.3 is 4.74 Å². The number of hydrogen-bond donors (Lipinski definition) is 0. The molecule has 2 aromatic carbocycles. The number of hydrogen-bond acceptors (Lipinski definition) is 3. The Labute approximate surface area is 117 Å². The molecule has 1 heterocycles. The summed E-state index contributed by atoms with van der Waals surface area (Å²) in [5.41, 5.74) is 1.26. The molecule has 1 aliphatic rings. The molecule has 2 aromatic rings. The average Bonchev–Trinajstić information content (AvgIpc) is 2.48. The van der Waals surface area contributed by atoms with Gasteiger partial charge in [-0.1, -0.05) is 42.5 Å². The summed E-state index contributed by atoms with van der Waals surface area (Å²) in [6.45, 7) is 0. The zero-order chi connectivity index (χ0) is 13.9. The Morgan fingerprint density at radius 3 is 2.55 bits per heavy atom. The summed E-state index contributed by atoms with van der Waals surface area (Å²) in [5, 5.41) is 0. The smallest absolute Gasteiger partial charge is 0.170 e. The van der Waals surface area contributed by atoms with Crippen molar-refractivity contribution in [3.05, 3.63) is 65.7 Å². The van der Waals surface area contributed by atoms with Crippen LogP contribution in [0.25, 0.3) is 0 Å². The van der Waals surface area contributed by atoms with E-state index < -0.39 is 0 Å². The Morgan fingerprint density at radius 1 is 1.05 bits per heavy atom. The van der Waals surface area contributed by atoms with Gasteiger partial charge in [0.2, 0.25) is 0 Å². The lowest BCUT2D eigenvalue weighted by molar-refractivity contribution is 0.0784. The van der Waals surface area contributed by atoms with Crippen molar-refractivity contribution in [2.45, 2.75) is 18.9 Å². The predicted octanol–water partition coefficient (Wildman–Crippen LogP) is 3.29. The van der Waals surface area contributed by atoms with Crippen LogP contribution >= 0.6 is 0 Å². The molecule has 0 amide bonds. The van der Waals surface area contributed by atoms with Gasteiger partial charge in [-0.25, -0.2) is 0 Å². The fraction of sp³-hybridized carbons (Fsp3) is 0.176. The SMILES string of the molecule is O=C(CC1CC(=O)c2ccccc2O1)c1ccccc1. The molecular weight excluding hydrogens is 252 g/mol. The topological polar surface area (TPSA) is 43.4 Å². The molecule has 100 valence electrons. The Kier molecular flexibility index (Phi) is 3.33. The van der Waals surface area contributed by atoms with Gasteiger partial charge in [0.15, 0.2) is 11.6 Å². The van der Waals surface area contributed by atoms with Crippen LogP contribution in [-0.4, -0.2) is 17.7 Å². The summed E-state index contributed by atoms with van der Waals surface area (Å²) in [6, 6.07) is 16.3. The fourth-order valence-electron chi connectivity index (χ4n) is 2.40. The lowest BCUT2D eigenvalue weighted by Gasteiger charge is -2.24. The van der Waals surface area contributed by atoms with Crippen LogP contribution in [0, 0.1) is 0 Å². The molecule has 3 heteroatoms. The molecule has 20 heavy (non-hydrogen) atoms. The number of Topliss-reactive ketones (excluding diaryl/α,β-unsaturated/α-hetero) is 2. The lowest BCUT2D eigenvalue weighted by Crippen LogP contribution is -2.29. The monoisotopic (exact) mass is 266 g/mol. The van der Waals surface area contributed by atoms with E-state index in [0.717, 1.165) is 0 Å². The molecule has 0 saturated heterocycles. The maximum atomic E-state index is 12.1. The number of ketones is 2. The Balaban J connectivity index is 1.75. The normalized spacial score (nSPS) is 17.2. The highest BCUT2D eigenvalue weighted by molar-refractivity contribution is 6.01. The van der Waals surface area contributed by atoms with Gasteiger partial charge in [0.1, 0.15) is 11.9 Å². The highest BCUT2D eigenvalue weighted by Crippen LogP contribution is 2.28. The maximum Gasteiger partial charge on any atom is 0.170 e. The van der Waals surface area contributed by atoms with Crippen LogP contribution < -0.4 is 4.74 Å². The molecule has 0 aliphatic carbocycles. The zero-order valence-corrected chi connectivity index (χ0v) is 10.9. The van der Waals surface area contributed by atoms with Crippen molar-refractivity contribution in [2.75, 3.05) is 0 Å². The third kappa shape index (κ3) is 2.48. The third-order valence-corrected chi connectivity index (χ3v) is 3.40. The summed E-state index contributed by atoms with van der Waals surface area (Å²) >= 11 is 0. The summed E-state index contributed by atoms with van der Waals surface area (Å²) in [6.07, 6.45) is 0.116. The number of para-hydroxylation sites is 1. The van der Waals surface area contributed by atoms with Gasteiger partial charge in [0.05, 0.1) is 5.56 Å². The van der Waals surface area contributed by atoms with E-state index in [4.69, 9.17) is 4.74 Å². The second kappa shape index (κ2) is 5.29. The van der Waals surface area contributed by atoms with Gasteiger partial charge >= 0.3 is 0 Å². The van der Waals surface area contributed by atoms with Crippen LogP contribution in [0.1, 0.15) is 33.6 Å². The maximum absolute atomic E-state index is 12.1. The van der Waals surface area contributed by atoms with E-state index in [-0.39, 0.29) is 30.5 Å². The highest BCUT2D eigenvalue weighted by atomic mass is 16.5. The predicted molar refractivity (Wildman–Crippen MR) is 75.2 cm³/mol. The number of benzene rings is 2. The van der Waals surface area contributed by atoms with Crippen LogP contribution in [0.4, 0.5) is 0 Å². The van der Waals surface area contributed by atoms with Crippen LogP contribution in [0.3, 0.4) is 0 Å². The largest absolute Gasteiger partial charge is 0.489 e. The summed E-state index contributed by atoms with van der Waals surface area (Å²) in [5.74, 6) is 0.620. The molecule has 1 unspecified atom stereocenters. The van der Waals surface area contributed by atoms with Crippen molar-refractivity contribution in [2.24, 2.45) is 0 Å². The first-order valence-electron chi connectivity index (χ1n) is 6.61. The van der Waals surface area contributed by atoms with Crippen molar-refractivity contribution in [1.29, 1.82) is 0 Å². The molecule has 0 radical (unpaired) electrons. The first-order valence-corrected chi connectivity index (χ1v) is 6.61. The van der Waals surface area contributed by atoms with Gasteiger partial charge in [0, 0.05) is 18.4 Å². The molecule has 3 rings (SSSR count). The molecule has 0 spiro atoms. The van der Waals surface area contributed by atoms with Gasteiger partial charge in [0.25, 0.3) is 0 Å². The molecule has 0 N–H and O–H groups in total. The van der Waals surface area contributed by atoms with Crippen LogP contribution in [0.2, 0.25) is 0 Å². The molecular formula is C17H14O3. The summed E-state index contributed by atoms with van der Waals surface area (Å²) in [7, 11) is 0. The standard InChI is InChI=1S/C17H14O3/c18-15(12-6-2-1-3-7-12)10-13-11-16(19)14-8-4-5-9-17(14)20-13/h1-9,13H,10-11H2. The minimum Gasteiger partial charge on any atom is -0.489 e. The number of carbonyl (C=O) groups is 2. The number of carbonyl (C=O) groups excluding carboxylic acids is 2. The van der Waals surface area contributed by atoms with Crippen molar-refractivity contribution in [3.63, 3.8) is 0 Å². The molecule has 0 fully saturated rings. The first kappa shape index (κ1) is 12.6. The van der Waals surface area contributed by atoms with Gasteiger partial charge in [-0.15, -0.1) is 0 Å². The van der Waals surface area contributed by atoms with Crippen molar-refractivity contribution in [1.82, 2.24) is 0 Å². The van der Waals surface area contributed by atoms with E-state index in [1.165, 1.54) is 0 Å². The molecule has 3 nitrogen and oxygen atoms in total. The van der Waals surface area contributed by atoms with E-state index in [0.29, 0.717) is 16.9 Å². The van der Waals surface area contributed by atoms with Crippen molar-refractivity contribution in [3.8, 4) is 5.75 Å². The second-order valence-electron chi connectivity index (χ2n) is 4.86. The number of fused-ring (bicyclic) bond motifs is 1. The third-order valence-electron chi connectivity index (χ3n) is 3.40. The number of rotatable bonds is 3. The van der Waals surface area contributed by atoms with E-state index in [9.17, 15) is 9.59 Å². The van der Waals surface area contributed by atoms with Gasteiger partial charge in [-0.05, 0) is 12.1 Å². The Bertz CT molecular complexity index is 646. The van der Waals surface area contributed by atoms with E-state index in [2.05, 4.69) is 0 Å². The van der Waals surface area contributed by atoms with Gasteiger partial charge in [-0.2, -0.15) is 0 Å². The average molecular weight is 266 g/mol. The summed E-state index contributed by atoms with van der Waals surface area (Å²) < 4.78 is 5.75. The summed E-state index contributed by atoms with van der Waals surface area (Å²) in [4.78, 5) is 24.2. The molecule has 0 saturated carbocycles. The minimum absolute atomic E-state index is 0.00258. The molecule has 1 aliphatic heterocycles. The Morgan fingerprint density at radius 2 is 1.75 bits per heavy atom. The zero-order valence-electron chi connectivity index (χ0n) is 10.9. The van der Waals surface area contributed by atoms with E-state index >= 15 is 0 Å². The van der Waals surface area contributed by atoms with Gasteiger partial charge in [-0.3, -0.25) is 9.59 Å². The molecule has 1 atom stereocenters. The van der Waals surface area contributed by atoms with E-state index in [1.807, 2.05) is 30.3 Å². The Hall–Kier alpha value is -2.42. The number of ether oxygens (including phenoxy) is 1. The molecule has 0 aromatic heterocycles. The lowest BCUT2D eigenvalue weighted by atomic mass is 9.96. The minimum atomic E-state index is -0.370.